The summed E-state index contributed by atoms with van der Waals surface area (Å²) in [6.07, 6.45) is -1.90. The molecule has 0 aliphatic heterocycles. The fourth-order valence-electron chi connectivity index (χ4n) is 2.55. The SMILES string of the molecule is CC(C)(C)OC(=O)NCC(O)COC(CN)CNc1cc(=O)c2ccccc2[nH]1. The molecular weight excluding hydrogens is 376 g/mol. The van der Waals surface area contributed by atoms with Gasteiger partial charge in [-0.2, -0.15) is 0 Å². The number of aromatic nitrogens is 1. The van der Waals surface area contributed by atoms with Gasteiger partial charge in [-0.15, -0.1) is 0 Å². The van der Waals surface area contributed by atoms with Crippen molar-refractivity contribution in [1.82, 2.24) is 10.3 Å². The average molecular weight is 406 g/mol. The van der Waals surface area contributed by atoms with Crippen LogP contribution in [0.2, 0.25) is 0 Å². The number of aliphatic hydroxyl groups excluding tert-OH is 1. The van der Waals surface area contributed by atoms with Crippen LogP contribution in [0.15, 0.2) is 35.1 Å². The number of hydrogen-bond donors (Lipinski definition) is 5. The van der Waals surface area contributed by atoms with Crippen LogP contribution >= 0.6 is 0 Å². The molecule has 2 atom stereocenters. The number of fused-ring (bicyclic) bond motifs is 1. The lowest BCUT2D eigenvalue weighted by Gasteiger charge is -2.22. The van der Waals surface area contributed by atoms with Crippen LogP contribution in [0, 0.1) is 0 Å². The quantitative estimate of drug-likeness (QED) is 0.421. The third-order valence-corrected chi connectivity index (χ3v) is 3.93. The van der Waals surface area contributed by atoms with Crippen molar-refractivity contribution in [2.45, 2.75) is 38.6 Å². The molecule has 2 unspecified atom stereocenters. The van der Waals surface area contributed by atoms with Gasteiger partial charge in [0, 0.05) is 31.1 Å². The van der Waals surface area contributed by atoms with E-state index in [2.05, 4.69) is 15.6 Å². The van der Waals surface area contributed by atoms with E-state index in [9.17, 15) is 14.7 Å². The van der Waals surface area contributed by atoms with Crippen LogP contribution in [-0.2, 0) is 9.47 Å². The minimum absolute atomic E-state index is 0.00235. The number of H-pyrrole nitrogens is 1. The molecule has 0 aliphatic rings. The Morgan fingerprint density at radius 3 is 2.69 bits per heavy atom. The zero-order chi connectivity index (χ0) is 21.4. The van der Waals surface area contributed by atoms with Crippen molar-refractivity contribution < 1.29 is 19.4 Å². The number of para-hydroxylation sites is 1. The summed E-state index contributed by atoms with van der Waals surface area (Å²) in [7, 11) is 0. The number of rotatable bonds is 9. The summed E-state index contributed by atoms with van der Waals surface area (Å²) in [5.74, 6) is 0.558. The van der Waals surface area contributed by atoms with Gasteiger partial charge in [-0.05, 0) is 32.9 Å². The van der Waals surface area contributed by atoms with Gasteiger partial charge >= 0.3 is 6.09 Å². The van der Waals surface area contributed by atoms with Gasteiger partial charge in [-0.1, -0.05) is 12.1 Å². The number of aliphatic hydroxyl groups is 1. The smallest absolute Gasteiger partial charge is 0.407 e. The van der Waals surface area contributed by atoms with Crippen LogP contribution in [0.25, 0.3) is 10.9 Å². The Morgan fingerprint density at radius 1 is 1.28 bits per heavy atom. The lowest BCUT2D eigenvalue weighted by molar-refractivity contribution is -0.00182. The molecule has 2 rings (SSSR count). The Kier molecular flexibility index (Phi) is 8.00. The van der Waals surface area contributed by atoms with E-state index < -0.39 is 17.8 Å². The summed E-state index contributed by atoms with van der Waals surface area (Å²) in [5, 5.41) is 16.2. The minimum Gasteiger partial charge on any atom is -0.444 e. The fraction of sp³-hybridized carbons (Fsp3) is 0.500. The highest BCUT2D eigenvalue weighted by molar-refractivity contribution is 5.79. The first kappa shape index (κ1) is 22.7. The third-order valence-electron chi connectivity index (χ3n) is 3.93. The molecule has 2 aromatic rings. The summed E-state index contributed by atoms with van der Waals surface area (Å²) in [6, 6.07) is 8.73. The molecular formula is C20H30N4O5. The fourth-order valence-corrected chi connectivity index (χ4v) is 2.55. The number of hydrogen-bond acceptors (Lipinski definition) is 7. The molecule has 160 valence electrons. The predicted molar refractivity (Wildman–Crippen MR) is 112 cm³/mol. The first-order valence-electron chi connectivity index (χ1n) is 9.50. The van der Waals surface area contributed by atoms with Crippen LogP contribution in [0.5, 0.6) is 0 Å². The second-order valence-corrected chi connectivity index (χ2v) is 7.70. The number of pyridine rings is 1. The third kappa shape index (κ3) is 7.72. The molecule has 1 amide bonds. The summed E-state index contributed by atoms with van der Waals surface area (Å²) < 4.78 is 10.7. The van der Waals surface area contributed by atoms with Gasteiger partial charge < -0.3 is 35.9 Å². The number of anilines is 1. The van der Waals surface area contributed by atoms with E-state index in [4.69, 9.17) is 15.2 Å². The second-order valence-electron chi connectivity index (χ2n) is 7.70. The van der Waals surface area contributed by atoms with Crippen LogP contribution in [0.4, 0.5) is 10.6 Å². The number of carbonyl (C=O) groups is 1. The Labute approximate surface area is 169 Å². The van der Waals surface area contributed by atoms with E-state index in [0.29, 0.717) is 17.7 Å². The van der Waals surface area contributed by atoms with E-state index in [0.717, 1.165) is 5.52 Å². The maximum absolute atomic E-state index is 12.1. The molecule has 0 aliphatic carbocycles. The first-order chi connectivity index (χ1) is 13.7. The van der Waals surface area contributed by atoms with Crippen molar-refractivity contribution >= 4 is 22.8 Å². The van der Waals surface area contributed by atoms with Gasteiger partial charge in [0.15, 0.2) is 5.43 Å². The highest BCUT2D eigenvalue weighted by Gasteiger charge is 2.17. The summed E-state index contributed by atoms with van der Waals surface area (Å²) in [4.78, 5) is 26.9. The van der Waals surface area contributed by atoms with Crippen LogP contribution in [-0.4, -0.2) is 60.2 Å². The minimum atomic E-state index is -0.906. The standard InChI is InChI=1S/C20H30N4O5/c1-20(2,3)29-19(27)23-10-13(25)12-28-14(9-21)11-22-18-8-17(26)15-6-4-5-7-16(15)24-18/h4-8,13-14,25H,9-12,21H2,1-3H3,(H,23,27)(H2,22,24,26). The van der Waals surface area contributed by atoms with Gasteiger partial charge in [0.25, 0.3) is 0 Å². The van der Waals surface area contributed by atoms with Crippen molar-refractivity contribution in [1.29, 1.82) is 0 Å². The zero-order valence-electron chi connectivity index (χ0n) is 17.0. The van der Waals surface area contributed by atoms with E-state index in [1.807, 2.05) is 18.2 Å². The molecule has 9 heteroatoms. The number of alkyl carbamates (subject to hydrolysis) is 1. The van der Waals surface area contributed by atoms with Crippen molar-refractivity contribution in [2.75, 3.05) is 31.6 Å². The number of benzene rings is 1. The molecule has 29 heavy (non-hydrogen) atoms. The largest absolute Gasteiger partial charge is 0.444 e. The summed E-state index contributed by atoms with van der Waals surface area (Å²) in [6.45, 7) is 5.83. The normalized spacial score (nSPS) is 13.7. The number of ether oxygens (including phenoxy) is 2. The van der Waals surface area contributed by atoms with Gasteiger partial charge in [0.1, 0.15) is 11.4 Å². The predicted octanol–water partition coefficient (Wildman–Crippen LogP) is 1.17. The van der Waals surface area contributed by atoms with E-state index in [-0.39, 0.29) is 31.2 Å². The van der Waals surface area contributed by atoms with Crippen LogP contribution < -0.4 is 21.8 Å². The molecule has 0 spiro atoms. The van der Waals surface area contributed by atoms with E-state index in [1.165, 1.54) is 6.07 Å². The Morgan fingerprint density at radius 2 is 2.00 bits per heavy atom. The highest BCUT2D eigenvalue weighted by Crippen LogP contribution is 2.10. The van der Waals surface area contributed by atoms with Gasteiger partial charge in [-0.25, -0.2) is 4.79 Å². The van der Waals surface area contributed by atoms with Crippen molar-refractivity contribution in [3.05, 3.63) is 40.6 Å². The van der Waals surface area contributed by atoms with Crippen LogP contribution in [0.1, 0.15) is 20.8 Å². The zero-order valence-corrected chi connectivity index (χ0v) is 17.0. The van der Waals surface area contributed by atoms with Crippen molar-refractivity contribution in [3.63, 3.8) is 0 Å². The number of amides is 1. The second kappa shape index (κ2) is 10.2. The molecule has 0 bridgehead atoms. The Hall–Kier alpha value is -2.62. The molecule has 1 heterocycles. The van der Waals surface area contributed by atoms with E-state index in [1.54, 1.807) is 26.8 Å². The Balaban J connectivity index is 1.79. The molecule has 0 fully saturated rings. The topological polar surface area (TPSA) is 139 Å². The highest BCUT2D eigenvalue weighted by atomic mass is 16.6. The van der Waals surface area contributed by atoms with Gasteiger partial charge in [0.05, 0.1) is 24.3 Å². The first-order valence-corrected chi connectivity index (χ1v) is 9.50. The molecule has 0 saturated carbocycles. The van der Waals surface area contributed by atoms with Crippen molar-refractivity contribution in [3.8, 4) is 0 Å². The lowest BCUT2D eigenvalue weighted by Crippen LogP contribution is -2.40. The molecule has 9 nitrogen and oxygen atoms in total. The molecule has 0 radical (unpaired) electrons. The maximum Gasteiger partial charge on any atom is 0.407 e. The number of nitrogens with one attached hydrogen (secondary N) is 3. The summed E-state index contributed by atoms with van der Waals surface area (Å²) >= 11 is 0. The van der Waals surface area contributed by atoms with E-state index >= 15 is 0 Å². The molecule has 1 aromatic heterocycles. The molecule has 1 aromatic carbocycles. The monoisotopic (exact) mass is 406 g/mol. The molecule has 6 N–H and O–H groups in total. The number of carbonyl (C=O) groups excluding carboxylic acids is 1. The van der Waals surface area contributed by atoms with Gasteiger partial charge in [-0.3, -0.25) is 4.79 Å². The maximum atomic E-state index is 12.1. The average Bonchev–Trinajstić information content (AvgIpc) is 2.65. The number of aromatic amines is 1. The Bertz CT molecular complexity index is 862. The van der Waals surface area contributed by atoms with Crippen LogP contribution in [0.3, 0.4) is 0 Å². The van der Waals surface area contributed by atoms with Gasteiger partial charge in [0.2, 0.25) is 0 Å². The number of nitrogens with two attached hydrogens (primary N) is 1. The molecule has 0 saturated heterocycles. The lowest BCUT2D eigenvalue weighted by atomic mass is 10.2. The summed E-state index contributed by atoms with van der Waals surface area (Å²) in [5.41, 5.74) is 5.77. The van der Waals surface area contributed by atoms with Crippen molar-refractivity contribution in [2.24, 2.45) is 5.73 Å².